The van der Waals surface area contributed by atoms with Crippen LogP contribution < -0.4 is 5.32 Å². The van der Waals surface area contributed by atoms with Gasteiger partial charge in [-0.2, -0.15) is 10.4 Å². The molecule has 0 saturated carbocycles. The number of thiophene rings is 1. The van der Waals surface area contributed by atoms with E-state index in [1.807, 2.05) is 53.3 Å². The average Bonchev–Trinajstić information content (AvgIpc) is 3.17. The van der Waals surface area contributed by atoms with E-state index in [2.05, 4.69) is 16.5 Å². The molecule has 2 aromatic heterocycles. The standard InChI is InChI=1S/C15H12N4S/c16-10-12-6-7-13(20-12)11-17-14-4-1-2-5-15(14)19-9-3-8-18-19/h1-9,17H,11H2. The molecule has 98 valence electrons. The molecule has 1 N–H and O–H groups in total. The minimum atomic E-state index is 0.699. The quantitative estimate of drug-likeness (QED) is 0.796. The molecule has 0 bridgehead atoms. The number of hydrogen-bond acceptors (Lipinski definition) is 4. The van der Waals surface area contributed by atoms with Crippen molar-refractivity contribution in [2.24, 2.45) is 0 Å². The van der Waals surface area contributed by atoms with Crippen molar-refractivity contribution in [1.29, 1.82) is 5.26 Å². The third-order valence-electron chi connectivity index (χ3n) is 2.88. The van der Waals surface area contributed by atoms with Gasteiger partial charge in [0.15, 0.2) is 0 Å². The molecule has 3 aromatic rings. The lowest BCUT2D eigenvalue weighted by atomic mass is 10.2. The summed E-state index contributed by atoms with van der Waals surface area (Å²) in [6.07, 6.45) is 3.68. The average molecular weight is 280 g/mol. The summed E-state index contributed by atoms with van der Waals surface area (Å²) < 4.78 is 1.83. The number of para-hydroxylation sites is 2. The maximum Gasteiger partial charge on any atom is 0.110 e. The van der Waals surface area contributed by atoms with Crippen molar-refractivity contribution in [3.05, 3.63) is 64.6 Å². The maximum absolute atomic E-state index is 8.83. The highest BCUT2D eigenvalue weighted by Crippen LogP contribution is 2.21. The highest BCUT2D eigenvalue weighted by Gasteiger charge is 2.05. The van der Waals surface area contributed by atoms with E-state index in [0.29, 0.717) is 6.54 Å². The number of aromatic nitrogens is 2. The van der Waals surface area contributed by atoms with E-state index in [0.717, 1.165) is 21.1 Å². The van der Waals surface area contributed by atoms with Gasteiger partial charge in [-0.1, -0.05) is 12.1 Å². The second kappa shape index (κ2) is 5.59. The van der Waals surface area contributed by atoms with Gasteiger partial charge in [0.1, 0.15) is 10.9 Å². The number of nitrogens with zero attached hydrogens (tertiary/aromatic N) is 3. The molecule has 5 heteroatoms. The third-order valence-corrected chi connectivity index (χ3v) is 3.87. The van der Waals surface area contributed by atoms with Crippen molar-refractivity contribution in [3.63, 3.8) is 0 Å². The van der Waals surface area contributed by atoms with E-state index in [-0.39, 0.29) is 0 Å². The van der Waals surface area contributed by atoms with Gasteiger partial charge in [0.25, 0.3) is 0 Å². The largest absolute Gasteiger partial charge is 0.378 e. The molecule has 0 saturated heterocycles. The van der Waals surface area contributed by atoms with Crippen molar-refractivity contribution in [2.45, 2.75) is 6.54 Å². The van der Waals surface area contributed by atoms with E-state index in [4.69, 9.17) is 5.26 Å². The Labute approximate surface area is 120 Å². The molecule has 0 aliphatic rings. The van der Waals surface area contributed by atoms with Gasteiger partial charge in [0.2, 0.25) is 0 Å². The summed E-state index contributed by atoms with van der Waals surface area (Å²) in [7, 11) is 0. The lowest BCUT2D eigenvalue weighted by Gasteiger charge is -2.11. The fourth-order valence-corrected chi connectivity index (χ4v) is 2.69. The Morgan fingerprint density at radius 3 is 2.85 bits per heavy atom. The van der Waals surface area contributed by atoms with Crippen molar-refractivity contribution < 1.29 is 0 Å². The van der Waals surface area contributed by atoms with E-state index >= 15 is 0 Å². The van der Waals surface area contributed by atoms with Crippen LogP contribution in [0.2, 0.25) is 0 Å². The van der Waals surface area contributed by atoms with Crippen molar-refractivity contribution in [1.82, 2.24) is 9.78 Å². The Kier molecular flexibility index (Phi) is 3.48. The predicted molar refractivity (Wildman–Crippen MR) is 79.9 cm³/mol. The summed E-state index contributed by atoms with van der Waals surface area (Å²) in [4.78, 5) is 1.87. The Hall–Kier alpha value is -2.58. The topological polar surface area (TPSA) is 53.6 Å². The molecule has 0 aliphatic carbocycles. The molecule has 0 fully saturated rings. The number of benzene rings is 1. The molecule has 1 aromatic carbocycles. The van der Waals surface area contributed by atoms with Crippen LogP contribution in [-0.4, -0.2) is 9.78 Å². The Bertz CT molecular complexity index is 737. The molecule has 0 amide bonds. The molecule has 4 nitrogen and oxygen atoms in total. The van der Waals surface area contributed by atoms with Gasteiger partial charge in [-0.05, 0) is 30.3 Å². The number of hydrogen-bond donors (Lipinski definition) is 1. The van der Waals surface area contributed by atoms with Gasteiger partial charge in [-0.25, -0.2) is 4.68 Å². The Morgan fingerprint density at radius 1 is 1.20 bits per heavy atom. The van der Waals surface area contributed by atoms with Crippen LogP contribution in [0.5, 0.6) is 0 Å². The summed E-state index contributed by atoms with van der Waals surface area (Å²) in [5.41, 5.74) is 2.03. The highest BCUT2D eigenvalue weighted by atomic mass is 32.1. The smallest absolute Gasteiger partial charge is 0.110 e. The summed E-state index contributed by atoms with van der Waals surface area (Å²) in [5, 5.41) is 16.5. The molecule has 2 heterocycles. The van der Waals surface area contributed by atoms with Crippen LogP contribution in [0.1, 0.15) is 9.75 Å². The van der Waals surface area contributed by atoms with E-state index in [9.17, 15) is 0 Å². The summed E-state index contributed by atoms with van der Waals surface area (Å²) in [6.45, 7) is 0.699. The lowest BCUT2D eigenvalue weighted by Crippen LogP contribution is -2.03. The predicted octanol–water partition coefficient (Wildman–Crippen LogP) is 3.42. The number of nitriles is 1. The van der Waals surface area contributed by atoms with Crippen LogP contribution >= 0.6 is 11.3 Å². The van der Waals surface area contributed by atoms with Gasteiger partial charge >= 0.3 is 0 Å². The van der Waals surface area contributed by atoms with Crippen molar-refractivity contribution >= 4 is 17.0 Å². The summed E-state index contributed by atoms with van der Waals surface area (Å²) in [6, 6.07) is 15.9. The summed E-state index contributed by atoms with van der Waals surface area (Å²) in [5.74, 6) is 0. The first kappa shape index (κ1) is 12.5. The molecule has 0 atom stereocenters. The van der Waals surface area contributed by atoms with E-state index in [1.54, 1.807) is 6.20 Å². The Morgan fingerprint density at radius 2 is 2.10 bits per heavy atom. The number of nitrogens with one attached hydrogen (secondary N) is 1. The SMILES string of the molecule is N#Cc1ccc(CNc2ccccc2-n2cccn2)s1. The summed E-state index contributed by atoms with van der Waals surface area (Å²) >= 11 is 1.51. The van der Waals surface area contributed by atoms with Gasteiger partial charge in [0.05, 0.1) is 11.4 Å². The second-order valence-corrected chi connectivity index (χ2v) is 5.37. The molecule has 0 unspecified atom stereocenters. The maximum atomic E-state index is 8.83. The number of anilines is 1. The molecule has 20 heavy (non-hydrogen) atoms. The van der Waals surface area contributed by atoms with Crippen LogP contribution in [0.15, 0.2) is 54.9 Å². The molecular weight excluding hydrogens is 268 g/mol. The fourth-order valence-electron chi connectivity index (χ4n) is 1.95. The Balaban J connectivity index is 1.80. The first-order valence-electron chi connectivity index (χ1n) is 6.18. The zero-order chi connectivity index (χ0) is 13.8. The van der Waals surface area contributed by atoms with Crippen molar-refractivity contribution in [3.8, 4) is 11.8 Å². The normalized spacial score (nSPS) is 10.2. The highest BCUT2D eigenvalue weighted by molar-refractivity contribution is 7.12. The molecule has 3 rings (SSSR count). The van der Waals surface area contributed by atoms with Gasteiger partial charge in [-0.3, -0.25) is 0 Å². The minimum Gasteiger partial charge on any atom is -0.378 e. The minimum absolute atomic E-state index is 0.699. The third kappa shape index (κ3) is 2.56. The zero-order valence-corrected chi connectivity index (χ0v) is 11.5. The fraction of sp³-hybridized carbons (Fsp3) is 0.0667. The van der Waals surface area contributed by atoms with Crippen LogP contribution in [0.25, 0.3) is 5.69 Å². The van der Waals surface area contributed by atoms with E-state index in [1.165, 1.54) is 11.3 Å². The first-order valence-corrected chi connectivity index (χ1v) is 7.00. The van der Waals surface area contributed by atoms with Crippen LogP contribution in [0.3, 0.4) is 0 Å². The van der Waals surface area contributed by atoms with E-state index < -0.39 is 0 Å². The van der Waals surface area contributed by atoms with Gasteiger partial charge in [0, 0.05) is 23.8 Å². The first-order chi connectivity index (χ1) is 9.86. The molecular formula is C15H12N4S. The molecule has 0 radical (unpaired) electrons. The van der Waals surface area contributed by atoms with Gasteiger partial charge in [-0.15, -0.1) is 11.3 Å². The van der Waals surface area contributed by atoms with Crippen LogP contribution in [0.4, 0.5) is 5.69 Å². The molecule has 0 spiro atoms. The van der Waals surface area contributed by atoms with Crippen LogP contribution in [0, 0.1) is 11.3 Å². The molecule has 0 aliphatic heterocycles. The lowest BCUT2D eigenvalue weighted by molar-refractivity contribution is 0.879. The second-order valence-electron chi connectivity index (χ2n) is 4.20. The van der Waals surface area contributed by atoms with Crippen molar-refractivity contribution in [2.75, 3.05) is 5.32 Å². The number of rotatable bonds is 4. The van der Waals surface area contributed by atoms with Crippen LogP contribution in [-0.2, 0) is 6.54 Å². The van der Waals surface area contributed by atoms with Gasteiger partial charge < -0.3 is 5.32 Å². The monoisotopic (exact) mass is 280 g/mol. The zero-order valence-electron chi connectivity index (χ0n) is 10.7.